The van der Waals surface area contributed by atoms with Gasteiger partial charge in [0.1, 0.15) is 5.75 Å². The zero-order valence-corrected chi connectivity index (χ0v) is 10.8. The molecule has 0 atom stereocenters. The van der Waals surface area contributed by atoms with Crippen LogP contribution >= 0.6 is 11.3 Å². The van der Waals surface area contributed by atoms with Crippen LogP contribution in [0.1, 0.15) is 9.80 Å². The quantitative estimate of drug-likeness (QED) is 0.906. The molecule has 0 aliphatic heterocycles. The second-order valence-corrected chi connectivity index (χ2v) is 4.52. The van der Waals surface area contributed by atoms with E-state index in [2.05, 4.69) is 10.2 Å². The van der Waals surface area contributed by atoms with Gasteiger partial charge in [-0.1, -0.05) is 17.4 Å². The first-order chi connectivity index (χ1) is 8.61. The van der Waals surface area contributed by atoms with Crippen LogP contribution < -0.4 is 15.4 Å². The predicted octanol–water partition coefficient (Wildman–Crippen LogP) is 1.41. The van der Waals surface area contributed by atoms with Crippen LogP contribution in [0.15, 0.2) is 24.3 Å². The highest BCUT2D eigenvalue weighted by atomic mass is 32.1. The fourth-order valence-corrected chi connectivity index (χ4v) is 1.99. The summed E-state index contributed by atoms with van der Waals surface area (Å²) in [7, 11) is 3.24. The Balaban J connectivity index is 2.25. The summed E-state index contributed by atoms with van der Waals surface area (Å²) < 4.78 is 5.11. The average Bonchev–Trinajstić information content (AvgIpc) is 2.83. The van der Waals surface area contributed by atoms with Crippen LogP contribution in [0.5, 0.6) is 5.75 Å². The number of methoxy groups -OCH3 is 1. The van der Waals surface area contributed by atoms with Gasteiger partial charge in [-0.25, -0.2) is 0 Å². The summed E-state index contributed by atoms with van der Waals surface area (Å²) in [4.78, 5) is 13.6. The average molecular weight is 264 g/mol. The standard InChI is InChI=1S/C11H12N4O2S/c1-15(7-4-3-5-8(6-7)17-2)10(16)9-13-14-11(12)18-9/h3-6H,1-2H3,(H2,12,14). The molecule has 0 aliphatic rings. The van der Waals surface area contributed by atoms with Crippen molar-refractivity contribution in [3.05, 3.63) is 29.3 Å². The lowest BCUT2D eigenvalue weighted by Crippen LogP contribution is -2.26. The minimum absolute atomic E-state index is 0.252. The van der Waals surface area contributed by atoms with Gasteiger partial charge in [-0.3, -0.25) is 4.79 Å². The second-order valence-electron chi connectivity index (χ2n) is 3.51. The van der Waals surface area contributed by atoms with Gasteiger partial charge >= 0.3 is 0 Å². The number of rotatable bonds is 3. The van der Waals surface area contributed by atoms with Crippen LogP contribution in [0.25, 0.3) is 0 Å². The molecular formula is C11H12N4O2S. The van der Waals surface area contributed by atoms with E-state index in [1.807, 2.05) is 18.2 Å². The maximum Gasteiger partial charge on any atom is 0.289 e. The number of ether oxygens (including phenoxy) is 1. The molecule has 1 aromatic carbocycles. The number of nitrogens with two attached hydrogens (primary N) is 1. The fourth-order valence-electron chi connectivity index (χ4n) is 1.40. The highest BCUT2D eigenvalue weighted by Gasteiger charge is 2.18. The van der Waals surface area contributed by atoms with Crippen molar-refractivity contribution in [3.63, 3.8) is 0 Å². The first-order valence-corrected chi connectivity index (χ1v) is 5.94. The molecule has 0 saturated heterocycles. The molecule has 2 aromatic rings. The second kappa shape index (κ2) is 5.01. The number of amides is 1. The predicted molar refractivity (Wildman–Crippen MR) is 70.0 cm³/mol. The van der Waals surface area contributed by atoms with Crippen molar-refractivity contribution in [3.8, 4) is 5.75 Å². The van der Waals surface area contributed by atoms with E-state index in [0.29, 0.717) is 11.4 Å². The Morgan fingerprint density at radius 2 is 2.22 bits per heavy atom. The third kappa shape index (κ3) is 2.40. The number of carbonyl (C=O) groups is 1. The minimum Gasteiger partial charge on any atom is -0.497 e. The van der Waals surface area contributed by atoms with Crippen LogP contribution in [0.3, 0.4) is 0 Å². The molecule has 1 amide bonds. The lowest BCUT2D eigenvalue weighted by Gasteiger charge is -2.16. The van der Waals surface area contributed by atoms with E-state index >= 15 is 0 Å². The zero-order chi connectivity index (χ0) is 13.1. The first-order valence-electron chi connectivity index (χ1n) is 5.13. The fraction of sp³-hybridized carbons (Fsp3) is 0.182. The normalized spacial score (nSPS) is 10.1. The summed E-state index contributed by atoms with van der Waals surface area (Å²) in [5.74, 6) is 0.432. The number of carbonyl (C=O) groups excluding carboxylic acids is 1. The molecule has 0 bridgehead atoms. The van der Waals surface area contributed by atoms with Crippen molar-refractivity contribution in [2.75, 3.05) is 24.8 Å². The lowest BCUT2D eigenvalue weighted by molar-refractivity contribution is 0.0992. The van der Waals surface area contributed by atoms with Gasteiger partial charge in [0.05, 0.1) is 7.11 Å². The van der Waals surface area contributed by atoms with Crippen molar-refractivity contribution in [1.82, 2.24) is 10.2 Å². The van der Waals surface area contributed by atoms with E-state index in [1.54, 1.807) is 20.2 Å². The molecule has 0 unspecified atom stereocenters. The number of benzene rings is 1. The van der Waals surface area contributed by atoms with E-state index in [0.717, 1.165) is 11.3 Å². The Labute approximate surface area is 108 Å². The summed E-state index contributed by atoms with van der Waals surface area (Å²) >= 11 is 1.06. The highest BCUT2D eigenvalue weighted by Crippen LogP contribution is 2.22. The molecule has 94 valence electrons. The van der Waals surface area contributed by atoms with E-state index in [-0.39, 0.29) is 16.0 Å². The summed E-state index contributed by atoms with van der Waals surface area (Å²) in [6.45, 7) is 0. The van der Waals surface area contributed by atoms with Gasteiger partial charge in [0.15, 0.2) is 0 Å². The molecule has 0 spiro atoms. The third-order valence-corrected chi connectivity index (χ3v) is 3.11. The third-order valence-electron chi connectivity index (χ3n) is 2.37. The molecule has 2 rings (SSSR count). The van der Waals surface area contributed by atoms with E-state index in [4.69, 9.17) is 10.5 Å². The molecular weight excluding hydrogens is 252 g/mol. The van der Waals surface area contributed by atoms with Crippen molar-refractivity contribution in [2.24, 2.45) is 0 Å². The van der Waals surface area contributed by atoms with Gasteiger partial charge in [0.25, 0.3) is 5.91 Å². The minimum atomic E-state index is -0.252. The Morgan fingerprint density at radius 1 is 1.44 bits per heavy atom. The monoisotopic (exact) mass is 264 g/mol. The summed E-state index contributed by atoms with van der Waals surface area (Å²) in [6.07, 6.45) is 0. The molecule has 18 heavy (non-hydrogen) atoms. The van der Waals surface area contributed by atoms with E-state index < -0.39 is 0 Å². The summed E-state index contributed by atoms with van der Waals surface area (Å²) in [5, 5.41) is 7.88. The van der Waals surface area contributed by atoms with Crippen molar-refractivity contribution < 1.29 is 9.53 Å². The molecule has 2 N–H and O–H groups in total. The molecule has 0 radical (unpaired) electrons. The SMILES string of the molecule is COc1cccc(N(C)C(=O)c2nnc(N)s2)c1. The maximum absolute atomic E-state index is 12.1. The van der Waals surface area contributed by atoms with E-state index in [1.165, 1.54) is 4.90 Å². The van der Waals surface area contributed by atoms with Crippen molar-refractivity contribution >= 4 is 28.1 Å². The van der Waals surface area contributed by atoms with Gasteiger partial charge in [0, 0.05) is 18.8 Å². The Morgan fingerprint density at radius 3 is 2.83 bits per heavy atom. The van der Waals surface area contributed by atoms with Crippen LogP contribution in [0, 0.1) is 0 Å². The molecule has 1 aromatic heterocycles. The smallest absolute Gasteiger partial charge is 0.289 e. The topological polar surface area (TPSA) is 81.3 Å². The Hall–Kier alpha value is -2.15. The molecule has 1 heterocycles. The van der Waals surface area contributed by atoms with Gasteiger partial charge < -0.3 is 15.4 Å². The number of nitrogen functional groups attached to an aromatic ring is 1. The largest absolute Gasteiger partial charge is 0.497 e. The van der Waals surface area contributed by atoms with Crippen molar-refractivity contribution in [2.45, 2.75) is 0 Å². The Kier molecular flexibility index (Phi) is 3.42. The van der Waals surface area contributed by atoms with Gasteiger partial charge in [-0.05, 0) is 12.1 Å². The number of nitrogens with zero attached hydrogens (tertiary/aromatic N) is 3. The van der Waals surface area contributed by atoms with Crippen molar-refractivity contribution in [1.29, 1.82) is 0 Å². The lowest BCUT2D eigenvalue weighted by atomic mass is 10.3. The Bertz CT molecular complexity index is 570. The first kappa shape index (κ1) is 12.3. The van der Waals surface area contributed by atoms with Gasteiger partial charge in [-0.2, -0.15) is 0 Å². The molecule has 7 heteroatoms. The van der Waals surface area contributed by atoms with E-state index in [9.17, 15) is 4.79 Å². The van der Waals surface area contributed by atoms with Gasteiger partial charge in [0.2, 0.25) is 10.1 Å². The van der Waals surface area contributed by atoms with Crippen LogP contribution in [-0.4, -0.2) is 30.3 Å². The summed E-state index contributed by atoms with van der Waals surface area (Å²) in [6, 6.07) is 7.20. The number of aromatic nitrogens is 2. The molecule has 6 nitrogen and oxygen atoms in total. The zero-order valence-electron chi connectivity index (χ0n) is 9.95. The van der Waals surface area contributed by atoms with Crippen LogP contribution in [0.4, 0.5) is 10.8 Å². The summed E-state index contributed by atoms with van der Waals surface area (Å²) in [5.41, 5.74) is 6.17. The number of hydrogen-bond donors (Lipinski definition) is 1. The maximum atomic E-state index is 12.1. The molecule has 0 fully saturated rings. The highest BCUT2D eigenvalue weighted by molar-refractivity contribution is 7.17. The molecule has 0 saturated carbocycles. The van der Waals surface area contributed by atoms with Gasteiger partial charge in [-0.15, -0.1) is 10.2 Å². The molecule has 0 aliphatic carbocycles. The number of anilines is 2. The van der Waals surface area contributed by atoms with Crippen LogP contribution in [-0.2, 0) is 0 Å². The number of hydrogen-bond acceptors (Lipinski definition) is 6. The van der Waals surface area contributed by atoms with Crippen LogP contribution in [0.2, 0.25) is 0 Å².